The maximum atomic E-state index is 13.5. The lowest BCUT2D eigenvalue weighted by Crippen LogP contribution is -2.43. The molecular weight excluding hydrogens is 314 g/mol. The Hall–Kier alpha value is -1.27. The summed E-state index contributed by atoms with van der Waals surface area (Å²) in [5.74, 6) is 1.31. The molecule has 0 bridgehead atoms. The third-order valence-corrected chi connectivity index (χ3v) is 7.26. The Morgan fingerprint density at radius 3 is 2.87 bits per heavy atom. The van der Waals surface area contributed by atoms with Crippen molar-refractivity contribution in [1.82, 2.24) is 4.31 Å². The highest BCUT2D eigenvalue weighted by atomic mass is 32.2. The van der Waals surface area contributed by atoms with E-state index in [1.807, 2.05) is 6.07 Å². The number of benzene rings is 1. The zero-order valence-corrected chi connectivity index (χ0v) is 14.3. The summed E-state index contributed by atoms with van der Waals surface area (Å²) in [6, 6.07) is 2.07. The lowest BCUT2D eigenvalue weighted by Gasteiger charge is -2.34. The molecule has 4 rings (SSSR count). The number of hydrogen-bond acceptors (Lipinski definition) is 4. The Bertz CT molecular complexity index is 696. The Morgan fingerprint density at radius 1 is 1.22 bits per heavy atom. The second-order valence-corrected chi connectivity index (χ2v) is 8.37. The molecule has 1 fully saturated rings. The number of piperidine rings is 1. The van der Waals surface area contributed by atoms with Crippen molar-refractivity contribution >= 4 is 10.0 Å². The van der Waals surface area contributed by atoms with Crippen LogP contribution in [0.25, 0.3) is 0 Å². The van der Waals surface area contributed by atoms with Crippen molar-refractivity contribution in [3.05, 3.63) is 17.2 Å². The topological polar surface area (TPSA) is 55.8 Å². The van der Waals surface area contributed by atoms with Gasteiger partial charge in [-0.1, -0.05) is 13.3 Å². The van der Waals surface area contributed by atoms with Crippen molar-refractivity contribution in [2.45, 2.75) is 56.4 Å². The Morgan fingerprint density at radius 2 is 2.04 bits per heavy atom. The first-order chi connectivity index (χ1) is 11.1. The lowest BCUT2D eigenvalue weighted by molar-refractivity contribution is 0.245. The molecule has 3 heterocycles. The number of hydrogen-bond donors (Lipinski definition) is 0. The molecule has 0 spiro atoms. The van der Waals surface area contributed by atoms with Crippen LogP contribution in [0, 0.1) is 0 Å². The minimum atomic E-state index is -3.55. The van der Waals surface area contributed by atoms with Crippen molar-refractivity contribution < 1.29 is 17.9 Å². The standard InChI is InChI=1S/C17H23NO4S/c1-2-13-5-3-4-8-18(13)23(19,20)17-14-7-10-21-15(14)11-12-6-9-22-16(12)17/h11,13H,2-10H2,1H3. The largest absolute Gasteiger partial charge is 0.493 e. The highest BCUT2D eigenvalue weighted by Gasteiger charge is 2.40. The van der Waals surface area contributed by atoms with Crippen LogP contribution in [0.3, 0.4) is 0 Å². The van der Waals surface area contributed by atoms with E-state index in [1.165, 1.54) is 0 Å². The van der Waals surface area contributed by atoms with E-state index in [4.69, 9.17) is 9.47 Å². The van der Waals surface area contributed by atoms with Gasteiger partial charge in [-0.05, 0) is 25.3 Å². The van der Waals surface area contributed by atoms with Gasteiger partial charge in [-0.15, -0.1) is 0 Å². The third kappa shape index (κ3) is 2.34. The molecule has 0 N–H and O–H groups in total. The molecule has 1 saturated heterocycles. The highest BCUT2D eigenvalue weighted by molar-refractivity contribution is 7.89. The molecule has 1 atom stereocenters. The maximum Gasteiger partial charge on any atom is 0.247 e. The van der Waals surface area contributed by atoms with Crippen molar-refractivity contribution in [3.63, 3.8) is 0 Å². The van der Waals surface area contributed by atoms with E-state index in [-0.39, 0.29) is 6.04 Å². The van der Waals surface area contributed by atoms with Crippen LogP contribution < -0.4 is 9.47 Å². The number of sulfonamides is 1. The zero-order chi connectivity index (χ0) is 16.0. The first-order valence-electron chi connectivity index (χ1n) is 8.59. The van der Waals surface area contributed by atoms with Gasteiger partial charge in [-0.2, -0.15) is 4.31 Å². The van der Waals surface area contributed by atoms with Gasteiger partial charge >= 0.3 is 0 Å². The number of ether oxygens (including phenoxy) is 2. The van der Waals surface area contributed by atoms with Gasteiger partial charge < -0.3 is 9.47 Å². The molecule has 5 nitrogen and oxygen atoms in total. The second kappa shape index (κ2) is 5.67. The molecule has 1 aromatic carbocycles. The minimum absolute atomic E-state index is 0.101. The summed E-state index contributed by atoms with van der Waals surface area (Å²) >= 11 is 0. The molecule has 0 saturated carbocycles. The van der Waals surface area contributed by atoms with Crippen LogP contribution in [0.1, 0.15) is 43.7 Å². The van der Waals surface area contributed by atoms with Crippen LogP contribution in [0.15, 0.2) is 11.0 Å². The highest BCUT2D eigenvalue weighted by Crippen LogP contribution is 2.45. The molecular formula is C17H23NO4S. The molecule has 6 heteroatoms. The van der Waals surface area contributed by atoms with Gasteiger partial charge in [0.1, 0.15) is 16.4 Å². The van der Waals surface area contributed by atoms with Crippen LogP contribution >= 0.6 is 0 Å². The first-order valence-corrected chi connectivity index (χ1v) is 10.0. The van der Waals surface area contributed by atoms with Gasteiger partial charge in [0.25, 0.3) is 0 Å². The molecule has 23 heavy (non-hydrogen) atoms. The molecule has 0 aliphatic carbocycles. The molecule has 3 aliphatic rings. The number of fused-ring (bicyclic) bond motifs is 2. The van der Waals surface area contributed by atoms with Crippen LogP contribution in [-0.2, 0) is 22.9 Å². The smallest absolute Gasteiger partial charge is 0.247 e. The second-order valence-electron chi connectivity index (χ2n) is 6.54. The minimum Gasteiger partial charge on any atom is -0.493 e. The zero-order valence-electron chi connectivity index (χ0n) is 13.5. The first kappa shape index (κ1) is 15.3. The van der Waals surface area contributed by atoms with E-state index in [2.05, 4.69) is 6.92 Å². The van der Waals surface area contributed by atoms with Crippen molar-refractivity contribution in [2.75, 3.05) is 19.8 Å². The van der Waals surface area contributed by atoms with E-state index in [9.17, 15) is 8.42 Å². The van der Waals surface area contributed by atoms with Gasteiger partial charge in [0, 0.05) is 36.6 Å². The SMILES string of the molecule is CCC1CCCCN1S(=O)(=O)c1c2c(cc3c1OCC3)OCC2. The summed E-state index contributed by atoms with van der Waals surface area (Å²) in [4.78, 5) is 0.389. The quantitative estimate of drug-likeness (QED) is 0.850. The fourth-order valence-corrected chi connectivity index (χ4v) is 6.22. The summed E-state index contributed by atoms with van der Waals surface area (Å²) in [5, 5.41) is 0. The molecule has 126 valence electrons. The predicted molar refractivity (Wildman–Crippen MR) is 86.7 cm³/mol. The average molecular weight is 337 g/mol. The van der Waals surface area contributed by atoms with Gasteiger partial charge in [-0.3, -0.25) is 0 Å². The van der Waals surface area contributed by atoms with E-state index < -0.39 is 10.0 Å². The average Bonchev–Trinajstić information content (AvgIpc) is 3.20. The fraction of sp³-hybridized carbons (Fsp3) is 0.647. The predicted octanol–water partition coefficient (Wildman–Crippen LogP) is 2.51. The molecule has 0 amide bonds. The van der Waals surface area contributed by atoms with Crippen LogP contribution in [0.2, 0.25) is 0 Å². The molecule has 1 unspecified atom stereocenters. The summed E-state index contributed by atoms with van der Waals surface area (Å²) in [5.41, 5.74) is 1.78. The van der Waals surface area contributed by atoms with Crippen molar-refractivity contribution in [2.24, 2.45) is 0 Å². The molecule has 0 radical (unpaired) electrons. The lowest BCUT2D eigenvalue weighted by atomic mass is 10.0. The maximum absolute atomic E-state index is 13.5. The van der Waals surface area contributed by atoms with Gasteiger partial charge in [0.2, 0.25) is 10.0 Å². The summed E-state index contributed by atoms with van der Waals surface area (Å²) in [6.07, 6.45) is 5.24. The van der Waals surface area contributed by atoms with Gasteiger partial charge in [-0.25, -0.2) is 8.42 Å². The van der Waals surface area contributed by atoms with E-state index in [0.29, 0.717) is 36.8 Å². The monoisotopic (exact) mass is 337 g/mol. The van der Waals surface area contributed by atoms with E-state index >= 15 is 0 Å². The molecule has 0 aromatic heterocycles. The molecule has 3 aliphatic heterocycles. The number of nitrogens with zero attached hydrogens (tertiary/aromatic N) is 1. The normalized spacial score (nSPS) is 24.0. The van der Waals surface area contributed by atoms with Crippen LogP contribution in [-0.4, -0.2) is 38.5 Å². The Balaban J connectivity index is 1.86. The van der Waals surface area contributed by atoms with Gasteiger partial charge in [0.05, 0.1) is 13.2 Å². The van der Waals surface area contributed by atoms with Crippen LogP contribution in [0.4, 0.5) is 0 Å². The van der Waals surface area contributed by atoms with Crippen LogP contribution in [0.5, 0.6) is 11.5 Å². The Labute approximate surface area is 137 Å². The summed E-state index contributed by atoms with van der Waals surface area (Å²) < 4.78 is 40.0. The Kier molecular flexibility index (Phi) is 3.76. The van der Waals surface area contributed by atoms with Gasteiger partial charge in [0.15, 0.2) is 0 Å². The fourth-order valence-electron chi connectivity index (χ4n) is 4.03. The third-order valence-electron chi connectivity index (χ3n) is 5.21. The van der Waals surface area contributed by atoms with E-state index in [1.54, 1.807) is 4.31 Å². The summed E-state index contributed by atoms with van der Waals surface area (Å²) in [7, 11) is -3.55. The van der Waals surface area contributed by atoms with Crippen molar-refractivity contribution in [1.29, 1.82) is 0 Å². The summed E-state index contributed by atoms with van der Waals surface area (Å²) in [6.45, 7) is 3.79. The van der Waals surface area contributed by atoms with Crippen molar-refractivity contribution in [3.8, 4) is 11.5 Å². The number of rotatable bonds is 3. The molecule has 1 aromatic rings. The van der Waals surface area contributed by atoms with E-state index in [0.717, 1.165) is 49.0 Å².